The van der Waals surface area contributed by atoms with Crippen LogP contribution in [-0.4, -0.2) is 25.8 Å². The van der Waals surface area contributed by atoms with Crippen LogP contribution in [0.25, 0.3) is 0 Å². The maximum Gasteiger partial charge on any atom is 0.305 e. The topological polar surface area (TPSA) is 35.5 Å². The van der Waals surface area contributed by atoms with Crippen LogP contribution in [0.5, 0.6) is 0 Å². The summed E-state index contributed by atoms with van der Waals surface area (Å²) in [6.45, 7) is 6.05. The van der Waals surface area contributed by atoms with E-state index in [4.69, 9.17) is 9.47 Å². The molecular weight excluding hydrogens is 180 g/mol. The molecule has 0 saturated carbocycles. The van der Waals surface area contributed by atoms with Crippen molar-refractivity contribution in [1.82, 2.24) is 0 Å². The third-order valence-corrected chi connectivity index (χ3v) is 1.87. The van der Waals surface area contributed by atoms with Crippen molar-refractivity contribution in [2.45, 2.75) is 46.0 Å². The summed E-state index contributed by atoms with van der Waals surface area (Å²) in [6.07, 6.45) is 4.62. The molecule has 0 aromatic rings. The molecule has 0 aliphatic heterocycles. The summed E-state index contributed by atoms with van der Waals surface area (Å²) in [6, 6.07) is 0. The minimum atomic E-state index is -0.0962. The van der Waals surface area contributed by atoms with E-state index in [-0.39, 0.29) is 5.97 Å². The van der Waals surface area contributed by atoms with Crippen LogP contribution in [0.4, 0.5) is 0 Å². The molecule has 14 heavy (non-hydrogen) atoms. The highest BCUT2D eigenvalue weighted by Gasteiger charge is 2.00. The normalized spacial score (nSPS) is 10.1. The van der Waals surface area contributed by atoms with Gasteiger partial charge in [0.2, 0.25) is 0 Å². The van der Waals surface area contributed by atoms with E-state index in [1.807, 2.05) is 6.92 Å². The molecular formula is C11H22O3. The summed E-state index contributed by atoms with van der Waals surface area (Å²) in [5, 5.41) is 0. The van der Waals surface area contributed by atoms with Gasteiger partial charge in [0.1, 0.15) is 0 Å². The van der Waals surface area contributed by atoms with Crippen molar-refractivity contribution in [2.24, 2.45) is 0 Å². The lowest BCUT2D eigenvalue weighted by Gasteiger charge is -2.03. The molecule has 0 unspecified atom stereocenters. The summed E-state index contributed by atoms with van der Waals surface area (Å²) in [5.74, 6) is -0.0962. The maximum absolute atomic E-state index is 10.9. The van der Waals surface area contributed by atoms with E-state index < -0.39 is 0 Å². The fourth-order valence-corrected chi connectivity index (χ4v) is 1.06. The minimum absolute atomic E-state index is 0.0962. The summed E-state index contributed by atoms with van der Waals surface area (Å²) < 4.78 is 10.2. The average molecular weight is 202 g/mol. The molecule has 0 fully saturated rings. The number of carbonyl (C=O) groups excluding carboxylic acids is 1. The lowest BCUT2D eigenvalue weighted by atomic mass is 10.2. The smallest absolute Gasteiger partial charge is 0.305 e. The second kappa shape index (κ2) is 10.5. The van der Waals surface area contributed by atoms with Crippen LogP contribution in [0.3, 0.4) is 0 Å². The third kappa shape index (κ3) is 9.52. The molecule has 3 nitrogen and oxygen atoms in total. The second-order valence-corrected chi connectivity index (χ2v) is 3.23. The Bertz CT molecular complexity index is 134. The van der Waals surface area contributed by atoms with Crippen molar-refractivity contribution >= 4 is 5.97 Å². The van der Waals surface area contributed by atoms with Gasteiger partial charge in [-0.15, -0.1) is 0 Å². The molecule has 0 N–H and O–H groups in total. The number of hydrogen-bond acceptors (Lipinski definition) is 3. The maximum atomic E-state index is 10.9. The molecule has 0 atom stereocenters. The van der Waals surface area contributed by atoms with Gasteiger partial charge in [-0.25, -0.2) is 0 Å². The molecule has 0 spiro atoms. The van der Waals surface area contributed by atoms with Crippen LogP contribution in [0.2, 0.25) is 0 Å². The van der Waals surface area contributed by atoms with E-state index in [9.17, 15) is 4.79 Å². The summed E-state index contributed by atoms with van der Waals surface area (Å²) in [5.41, 5.74) is 0. The van der Waals surface area contributed by atoms with E-state index in [0.717, 1.165) is 32.5 Å². The van der Waals surface area contributed by atoms with Gasteiger partial charge in [-0.2, -0.15) is 0 Å². The van der Waals surface area contributed by atoms with Gasteiger partial charge in [-0.05, 0) is 26.2 Å². The molecule has 3 heteroatoms. The lowest BCUT2D eigenvalue weighted by Crippen LogP contribution is -2.04. The van der Waals surface area contributed by atoms with Gasteiger partial charge in [0.25, 0.3) is 0 Å². The highest BCUT2D eigenvalue weighted by Crippen LogP contribution is 1.99. The predicted octanol–water partition coefficient (Wildman–Crippen LogP) is 2.54. The molecule has 0 aromatic carbocycles. The molecule has 0 aliphatic rings. The molecule has 0 bridgehead atoms. The number of carbonyl (C=O) groups is 1. The van der Waals surface area contributed by atoms with Crippen LogP contribution in [-0.2, 0) is 14.3 Å². The molecule has 0 radical (unpaired) electrons. The highest BCUT2D eigenvalue weighted by molar-refractivity contribution is 5.69. The first-order valence-corrected chi connectivity index (χ1v) is 5.54. The first-order chi connectivity index (χ1) is 6.81. The first-order valence-electron chi connectivity index (χ1n) is 5.54. The largest absolute Gasteiger partial charge is 0.466 e. The Hall–Kier alpha value is -0.570. The summed E-state index contributed by atoms with van der Waals surface area (Å²) in [4.78, 5) is 10.9. The Morgan fingerprint density at radius 2 is 1.79 bits per heavy atom. The van der Waals surface area contributed by atoms with Crippen molar-refractivity contribution < 1.29 is 14.3 Å². The number of hydrogen-bond donors (Lipinski definition) is 0. The van der Waals surface area contributed by atoms with Gasteiger partial charge in [-0.3, -0.25) is 4.79 Å². The monoisotopic (exact) mass is 202 g/mol. The van der Waals surface area contributed by atoms with Crippen LogP contribution in [0, 0.1) is 0 Å². The van der Waals surface area contributed by atoms with Gasteiger partial charge in [0.05, 0.1) is 6.61 Å². The molecule has 0 amide bonds. The standard InChI is InChI=1S/C11H22O3/c1-3-5-9-13-10-7-6-8-11(12)14-4-2/h3-10H2,1-2H3. The molecule has 0 rings (SSSR count). The van der Waals surface area contributed by atoms with Gasteiger partial charge >= 0.3 is 5.97 Å². The second-order valence-electron chi connectivity index (χ2n) is 3.23. The fraction of sp³-hybridized carbons (Fsp3) is 0.909. The van der Waals surface area contributed by atoms with Crippen molar-refractivity contribution in [2.75, 3.05) is 19.8 Å². The summed E-state index contributed by atoms with van der Waals surface area (Å²) in [7, 11) is 0. The van der Waals surface area contributed by atoms with Crippen LogP contribution < -0.4 is 0 Å². The predicted molar refractivity (Wildman–Crippen MR) is 56.2 cm³/mol. The number of esters is 1. The Morgan fingerprint density at radius 3 is 2.43 bits per heavy atom. The third-order valence-electron chi connectivity index (χ3n) is 1.87. The zero-order valence-corrected chi connectivity index (χ0v) is 9.38. The Morgan fingerprint density at radius 1 is 1.07 bits per heavy atom. The van der Waals surface area contributed by atoms with Gasteiger partial charge in [-0.1, -0.05) is 13.3 Å². The number of unbranched alkanes of at least 4 members (excludes halogenated alkanes) is 2. The lowest BCUT2D eigenvalue weighted by molar-refractivity contribution is -0.143. The summed E-state index contributed by atoms with van der Waals surface area (Å²) >= 11 is 0. The first kappa shape index (κ1) is 13.4. The molecule has 0 aromatic heterocycles. The van der Waals surface area contributed by atoms with Crippen molar-refractivity contribution in [3.63, 3.8) is 0 Å². The van der Waals surface area contributed by atoms with Crippen LogP contribution in [0.1, 0.15) is 46.0 Å². The fourth-order valence-electron chi connectivity index (χ4n) is 1.06. The van der Waals surface area contributed by atoms with Crippen LogP contribution in [0.15, 0.2) is 0 Å². The zero-order chi connectivity index (χ0) is 10.6. The average Bonchev–Trinajstić information content (AvgIpc) is 2.17. The van der Waals surface area contributed by atoms with Gasteiger partial charge in [0.15, 0.2) is 0 Å². The zero-order valence-electron chi connectivity index (χ0n) is 9.38. The molecule has 0 aliphatic carbocycles. The van der Waals surface area contributed by atoms with Crippen molar-refractivity contribution in [3.05, 3.63) is 0 Å². The van der Waals surface area contributed by atoms with Crippen LogP contribution >= 0.6 is 0 Å². The Labute approximate surface area is 86.8 Å². The Kier molecular flexibility index (Phi) is 10.1. The van der Waals surface area contributed by atoms with E-state index >= 15 is 0 Å². The molecule has 0 saturated heterocycles. The van der Waals surface area contributed by atoms with Crippen molar-refractivity contribution in [1.29, 1.82) is 0 Å². The van der Waals surface area contributed by atoms with E-state index in [1.165, 1.54) is 6.42 Å². The number of ether oxygens (including phenoxy) is 2. The Balaban J connectivity index is 3.01. The van der Waals surface area contributed by atoms with Crippen molar-refractivity contribution in [3.8, 4) is 0 Å². The minimum Gasteiger partial charge on any atom is -0.466 e. The number of rotatable bonds is 9. The molecule has 84 valence electrons. The SMILES string of the molecule is CCCCOCCCCC(=O)OCC. The molecule has 0 heterocycles. The highest BCUT2D eigenvalue weighted by atomic mass is 16.5. The van der Waals surface area contributed by atoms with E-state index in [0.29, 0.717) is 13.0 Å². The quantitative estimate of drug-likeness (QED) is 0.426. The van der Waals surface area contributed by atoms with E-state index in [2.05, 4.69) is 6.92 Å². The van der Waals surface area contributed by atoms with Gasteiger partial charge < -0.3 is 9.47 Å². The van der Waals surface area contributed by atoms with E-state index in [1.54, 1.807) is 0 Å². The van der Waals surface area contributed by atoms with Gasteiger partial charge in [0, 0.05) is 19.6 Å².